The van der Waals surface area contributed by atoms with Gasteiger partial charge in [-0.05, 0) is 78.6 Å². The maximum absolute atomic E-state index is 14.1. The number of carbonyl (C=O) groups excluding carboxylic acids is 1. The van der Waals surface area contributed by atoms with Crippen LogP contribution in [0.2, 0.25) is 0 Å². The number of aliphatic hydroxyl groups is 1. The van der Waals surface area contributed by atoms with Crippen molar-refractivity contribution < 1.29 is 31.5 Å². The molecule has 1 aromatic carbocycles. The number of fused-ring (bicyclic) bond motifs is 6. The SMILES string of the molecule is COc1ccc(CN2C(=O)C(C3=NS(=O)(=O)c4c(CCS(C)(=O)=O)csc4N3)=C(O)C3C2[C@@H]2CC[C@H]3C2)c(C)c1. The topological polar surface area (TPSA) is 142 Å². The Hall–Kier alpha value is -2.90. The number of sulfonamides is 1. The molecule has 6 rings (SSSR count). The number of thiophene rings is 1. The molecule has 2 bridgehead atoms. The van der Waals surface area contributed by atoms with Gasteiger partial charge in [0.1, 0.15) is 36.8 Å². The van der Waals surface area contributed by atoms with E-state index in [2.05, 4.69) is 9.71 Å². The number of hydrogen-bond acceptors (Lipinski definition) is 9. The molecule has 0 saturated heterocycles. The zero-order chi connectivity index (χ0) is 28.6. The number of aryl methyl sites for hydroxylation is 2. The summed E-state index contributed by atoms with van der Waals surface area (Å²) in [6.07, 6.45) is 3.98. The summed E-state index contributed by atoms with van der Waals surface area (Å²) in [5, 5.41) is 16.4. The lowest BCUT2D eigenvalue weighted by Gasteiger charge is -2.44. The predicted octanol–water partition coefficient (Wildman–Crippen LogP) is 3.43. The number of nitrogens with one attached hydrogen (secondary N) is 1. The standard InChI is InChI=1S/C27H31N3O7S3/c1-14-10-19(37-2)7-6-17(14)12-30-22-16-5-4-15(11-16)20(22)23(31)21(27(30)32)25-28-26-24(40(35,36)29-25)18(13-38-26)8-9-39(3,33)34/h6-7,10,13,15-16,20,22,31H,4-5,8-9,11-12H2,1-3H3,(H,28,29)/t15-,16+,20?,22?/m0/s1. The van der Waals surface area contributed by atoms with E-state index in [9.17, 15) is 26.7 Å². The molecule has 0 spiro atoms. The van der Waals surface area contributed by atoms with Gasteiger partial charge < -0.3 is 20.1 Å². The van der Waals surface area contributed by atoms with Crippen LogP contribution in [-0.4, -0.2) is 63.7 Å². The fraction of sp³-hybridized carbons (Fsp3) is 0.481. The number of carbonyl (C=O) groups is 1. The average Bonchev–Trinajstić information content (AvgIpc) is 3.61. The van der Waals surface area contributed by atoms with Gasteiger partial charge >= 0.3 is 0 Å². The van der Waals surface area contributed by atoms with Gasteiger partial charge in [0.05, 0.1) is 12.9 Å². The lowest BCUT2D eigenvalue weighted by atomic mass is 9.77. The first-order chi connectivity index (χ1) is 18.9. The first-order valence-corrected chi connectivity index (χ1v) is 17.5. The zero-order valence-electron chi connectivity index (χ0n) is 22.4. The highest BCUT2D eigenvalue weighted by molar-refractivity contribution is 7.91. The van der Waals surface area contributed by atoms with Crippen LogP contribution in [0.3, 0.4) is 0 Å². The molecule has 3 heterocycles. The number of ether oxygens (including phenoxy) is 1. The van der Waals surface area contributed by atoms with Crippen LogP contribution >= 0.6 is 11.3 Å². The van der Waals surface area contributed by atoms with Crippen molar-refractivity contribution in [3.05, 3.63) is 51.6 Å². The second-order valence-corrected chi connectivity index (χ2v) is 15.9. The van der Waals surface area contributed by atoms with Crippen molar-refractivity contribution in [2.45, 2.75) is 50.1 Å². The third-order valence-electron chi connectivity index (χ3n) is 8.67. The van der Waals surface area contributed by atoms with Crippen molar-refractivity contribution in [1.29, 1.82) is 0 Å². The summed E-state index contributed by atoms with van der Waals surface area (Å²) in [4.78, 5) is 15.9. The molecule has 1 aromatic heterocycles. The fourth-order valence-electron chi connectivity index (χ4n) is 6.83. The highest BCUT2D eigenvalue weighted by atomic mass is 32.2. The number of aliphatic hydroxyl groups excluding tert-OH is 1. The second-order valence-electron chi connectivity index (χ2n) is 11.2. The molecule has 2 fully saturated rings. The van der Waals surface area contributed by atoms with Crippen molar-refractivity contribution in [1.82, 2.24) is 4.90 Å². The maximum Gasteiger partial charge on any atom is 0.287 e. The molecule has 2 aromatic rings. The Morgan fingerprint density at radius 3 is 2.67 bits per heavy atom. The molecule has 4 atom stereocenters. The summed E-state index contributed by atoms with van der Waals surface area (Å²) >= 11 is 1.11. The van der Waals surface area contributed by atoms with Crippen molar-refractivity contribution in [2.75, 3.05) is 24.4 Å². The molecule has 4 aliphatic rings. The van der Waals surface area contributed by atoms with E-state index in [-0.39, 0.29) is 63.0 Å². The largest absolute Gasteiger partial charge is 0.511 e. The minimum atomic E-state index is -4.25. The van der Waals surface area contributed by atoms with E-state index >= 15 is 0 Å². The van der Waals surface area contributed by atoms with Crippen molar-refractivity contribution in [3.8, 4) is 5.75 Å². The number of amidine groups is 1. The van der Waals surface area contributed by atoms with E-state index in [1.807, 2.05) is 25.1 Å². The zero-order valence-corrected chi connectivity index (χ0v) is 24.8. The van der Waals surface area contributed by atoms with Crippen molar-refractivity contribution in [2.24, 2.45) is 22.2 Å². The molecular weight excluding hydrogens is 575 g/mol. The number of benzene rings is 1. The quantitative estimate of drug-likeness (QED) is 0.489. The molecule has 2 saturated carbocycles. The number of rotatable bonds is 7. The molecular formula is C27H31N3O7S3. The molecule has 2 N–H and O–H groups in total. The number of methoxy groups -OCH3 is 1. The third kappa shape index (κ3) is 4.51. The van der Waals surface area contributed by atoms with Crippen LogP contribution in [0, 0.1) is 24.7 Å². The number of sulfone groups is 1. The van der Waals surface area contributed by atoms with Gasteiger partial charge in [-0.3, -0.25) is 4.79 Å². The normalized spacial score (nSPS) is 26.8. The second kappa shape index (κ2) is 9.59. The monoisotopic (exact) mass is 605 g/mol. The first kappa shape index (κ1) is 27.3. The molecule has 214 valence electrons. The van der Waals surface area contributed by atoms with Gasteiger partial charge in [-0.2, -0.15) is 8.42 Å². The smallest absolute Gasteiger partial charge is 0.287 e. The van der Waals surface area contributed by atoms with Crippen LogP contribution in [0.4, 0.5) is 5.00 Å². The van der Waals surface area contributed by atoms with E-state index in [1.165, 1.54) is 0 Å². The minimum absolute atomic E-state index is 0.0329. The lowest BCUT2D eigenvalue weighted by Crippen LogP contribution is -2.53. The number of anilines is 1. The minimum Gasteiger partial charge on any atom is -0.511 e. The predicted molar refractivity (Wildman–Crippen MR) is 152 cm³/mol. The van der Waals surface area contributed by atoms with E-state index in [0.717, 1.165) is 53.7 Å². The summed E-state index contributed by atoms with van der Waals surface area (Å²) in [6, 6.07) is 5.52. The summed E-state index contributed by atoms with van der Waals surface area (Å²) in [7, 11) is -5.96. The van der Waals surface area contributed by atoms with Crippen LogP contribution in [0.5, 0.6) is 5.75 Å². The van der Waals surface area contributed by atoms with E-state index in [0.29, 0.717) is 12.1 Å². The van der Waals surface area contributed by atoms with Crippen LogP contribution in [0.15, 0.2) is 44.2 Å². The molecule has 2 aliphatic carbocycles. The lowest BCUT2D eigenvalue weighted by molar-refractivity contribution is -0.134. The molecule has 10 nitrogen and oxygen atoms in total. The van der Waals surface area contributed by atoms with E-state index < -0.39 is 25.8 Å². The molecule has 40 heavy (non-hydrogen) atoms. The van der Waals surface area contributed by atoms with Gasteiger partial charge in [-0.15, -0.1) is 15.7 Å². The summed E-state index contributed by atoms with van der Waals surface area (Å²) < 4.78 is 59.4. The van der Waals surface area contributed by atoms with Gasteiger partial charge in [0, 0.05) is 24.8 Å². The Morgan fingerprint density at radius 1 is 1.23 bits per heavy atom. The summed E-state index contributed by atoms with van der Waals surface area (Å²) in [5.74, 6) is -0.0279. The van der Waals surface area contributed by atoms with E-state index in [1.54, 1.807) is 17.4 Å². The Labute approximate surface area is 237 Å². The number of nitrogens with zero attached hydrogens (tertiary/aromatic N) is 2. The average molecular weight is 606 g/mol. The Morgan fingerprint density at radius 2 is 1.98 bits per heavy atom. The van der Waals surface area contributed by atoms with Crippen LogP contribution in [0.1, 0.15) is 36.0 Å². The van der Waals surface area contributed by atoms with Gasteiger partial charge in [0.25, 0.3) is 15.9 Å². The summed E-state index contributed by atoms with van der Waals surface area (Å²) in [5.41, 5.74) is 2.16. The van der Waals surface area contributed by atoms with Gasteiger partial charge in [0.2, 0.25) is 0 Å². The third-order valence-corrected chi connectivity index (χ3v) is 12.1. The fourth-order valence-corrected chi connectivity index (χ4v) is 10.1. The maximum atomic E-state index is 14.1. The van der Waals surface area contributed by atoms with Crippen molar-refractivity contribution >= 4 is 47.9 Å². The van der Waals surface area contributed by atoms with Gasteiger partial charge in [-0.1, -0.05) is 6.07 Å². The first-order valence-electron chi connectivity index (χ1n) is 13.2. The van der Waals surface area contributed by atoms with Crippen LogP contribution < -0.4 is 10.1 Å². The van der Waals surface area contributed by atoms with Crippen molar-refractivity contribution in [3.63, 3.8) is 0 Å². The molecule has 13 heteroatoms. The highest BCUT2D eigenvalue weighted by Crippen LogP contribution is 2.55. The van der Waals surface area contributed by atoms with Crippen LogP contribution in [-0.2, 0) is 37.6 Å². The number of amides is 1. The van der Waals surface area contributed by atoms with Crippen LogP contribution in [0.25, 0.3) is 0 Å². The Balaban J connectivity index is 1.39. The summed E-state index contributed by atoms with van der Waals surface area (Å²) in [6.45, 7) is 2.27. The number of hydrogen-bond donors (Lipinski definition) is 2. The molecule has 1 amide bonds. The van der Waals surface area contributed by atoms with Gasteiger partial charge in [0.15, 0.2) is 5.84 Å². The van der Waals surface area contributed by atoms with Gasteiger partial charge in [-0.25, -0.2) is 8.42 Å². The highest BCUT2D eigenvalue weighted by Gasteiger charge is 2.57. The molecule has 0 radical (unpaired) electrons. The molecule has 2 aliphatic heterocycles. The Kier molecular flexibility index (Phi) is 6.54. The van der Waals surface area contributed by atoms with E-state index in [4.69, 9.17) is 4.74 Å². The Bertz CT molecular complexity index is 1690. The molecule has 2 unspecified atom stereocenters.